The molecule has 1 N–H and O–H groups in total. The van der Waals surface area contributed by atoms with Crippen LogP contribution in [0.5, 0.6) is 0 Å². The van der Waals surface area contributed by atoms with E-state index in [4.69, 9.17) is 12.2 Å². The normalized spacial score (nSPS) is 9.83. The average molecular weight is 183 g/mol. The Morgan fingerprint density at radius 2 is 2.25 bits per heavy atom. The second-order valence-electron chi connectivity index (χ2n) is 2.45. The molecule has 1 aromatic rings. The van der Waals surface area contributed by atoms with Gasteiger partial charge in [-0.2, -0.15) is 5.10 Å². The number of H-pyrrole nitrogens is 1. The summed E-state index contributed by atoms with van der Waals surface area (Å²) in [6.45, 7) is 6.06. The van der Waals surface area contributed by atoms with E-state index in [-0.39, 0.29) is 0 Å². The number of aromatic amines is 1. The smallest absolute Gasteiger partial charge is 0.127 e. The van der Waals surface area contributed by atoms with Crippen LogP contribution >= 0.6 is 12.2 Å². The first kappa shape index (κ1) is 9.19. The van der Waals surface area contributed by atoms with E-state index in [0.29, 0.717) is 0 Å². The van der Waals surface area contributed by atoms with Crippen molar-refractivity contribution in [3.05, 3.63) is 18.0 Å². The lowest BCUT2D eigenvalue weighted by molar-refractivity contribution is 0.473. The molecular weight excluding hydrogens is 170 g/mol. The Morgan fingerprint density at radius 3 is 2.67 bits per heavy atom. The molecule has 0 radical (unpaired) electrons. The molecule has 0 spiro atoms. The van der Waals surface area contributed by atoms with E-state index in [9.17, 15) is 0 Å². The molecule has 1 aromatic heterocycles. The maximum Gasteiger partial charge on any atom is 0.127 e. The third-order valence-corrected chi connectivity index (χ3v) is 2.26. The number of hydrogen-bond donors (Lipinski definition) is 1. The standard InChI is InChI=1S/C8H13N3S/c1-3-11(4-2)8(12)7-5-6-9-10-7/h5-6H,3-4H2,1-2H3,(H,9,10). The van der Waals surface area contributed by atoms with Crippen molar-refractivity contribution in [1.82, 2.24) is 15.1 Å². The minimum atomic E-state index is 0.845. The molecule has 0 aliphatic heterocycles. The second-order valence-corrected chi connectivity index (χ2v) is 2.83. The molecule has 0 aromatic carbocycles. The van der Waals surface area contributed by atoms with Gasteiger partial charge >= 0.3 is 0 Å². The molecule has 0 bridgehead atoms. The summed E-state index contributed by atoms with van der Waals surface area (Å²) in [4.78, 5) is 2.96. The fraction of sp³-hybridized carbons (Fsp3) is 0.500. The predicted octanol–water partition coefficient (Wildman–Crippen LogP) is 1.43. The lowest BCUT2D eigenvalue weighted by Gasteiger charge is -2.20. The van der Waals surface area contributed by atoms with Crippen molar-refractivity contribution in [3.63, 3.8) is 0 Å². The van der Waals surface area contributed by atoms with Gasteiger partial charge in [-0.1, -0.05) is 12.2 Å². The monoisotopic (exact) mass is 183 g/mol. The first-order chi connectivity index (χ1) is 5.79. The van der Waals surface area contributed by atoms with Crippen molar-refractivity contribution in [2.24, 2.45) is 0 Å². The number of nitrogens with one attached hydrogen (secondary N) is 1. The molecule has 0 saturated carbocycles. The number of nitrogens with zero attached hydrogens (tertiary/aromatic N) is 2. The molecule has 0 fully saturated rings. The molecule has 0 amide bonds. The highest BCUT2D eigenvalue weighted by atomic mass is 32.1. The highest BCUT2D eigenvalue weighted by Crippen LogP contribution is 2.01. The number of hydrogen-bond acceptors (Lipinski definition) is 2. The van der Waals surface area contributed by atoms with Crippen LogP contribution in [0.2, 0.25) is 0 Å². The van der Waals surface area contributed by atoms with Crippen molar-refractivity contribution in [2.45, 2.75) is 13.8 Å². The van der Waals surface area contributed by atoms with Crippen molar-refractivity contribution in [3.8, 4) is 0 Å². The van der Waals surface area contributed by atoms with Gasteiger partial charge in [-0.05, 0) is 19.9 Å². The van der Waals surface area contributed by atoms with Crippen LogP contribution in [0, 0.1) is 0 Å². The number of aromatic nitrogens is 2. The van der Waals surface area contributed by atoms with Crippen LogP contribution in [0.4, 0.5) is 0 Å². The fourth-order valence-electron chi connectivity index (χ4n) is 1.06. The second kappa shape index (κ2) is 4.21. The van der Waals surface area contributed by atoms with Gasteiger partial charge in [-0.25, -0.2) is 0 Å². The quantitative estimate of drug-likeness (QED) is 0.719. The van der Waals surface area contributed by atoms with Gasteiger partial charge in [0.05, 0.1) is 5.69 Å². The van der Waals surface area contributed by atoms with E-state index in [1.807, 2.05) is 6.07 Å². The third kappa shape index (κ3) is 1.82. The van der Waals surface area contributed by atoms with Crippen LogP contribution in [-0.4, -0.2) is 33.2 Å². The molecule has 1 rings (SSSR count). The highest BCUT2D eigenvalue weighted by Gasteiger charge is 2.07. The topological polar surface area (TPSA) is 31.9 Å². The number of rotatable bonds is 3. The summed E-state index contributed by atoms with van der Waals surface area (Å²) in [5.41, 5.74) is 0.925. The summed E-state index contributed by atoms with van der Waals surface area (Å²) in [6, 6.07) is 1.89. The summed E-state index contributed by atoms with van der Waals surface area (Å²) in [6.07, 6.45) is 1.71. The van der Waals surface area contributed by atoms with Gasteiger partial charge in [0.15, 0.2) is 0 Å². The SMILES string of the molecule is CCN(CC)C(=S)c1ccn[nH]1. The zero-order valence-electron chi connectivity index (χ0n) is 7.37. The van der Waals surface area contributed by atoms with Gasteiger partial charge in [-0.15, -0.1) is 0 Å². The largest absolute Gasteiger partial charge is 0.362 e. The Balaban J connectivity index is 2.70. The maximum atomic E-state index is 5.25. The van der Waals surface area contributed by atoms with E-state index < -0.39 is 0 Å². The molecule has 0 unspecified atom stereocenters. The lowest BCUT2D eigenvalue weighted by atomic mass is 10.4. The summed E-state index contributed by atoms with van der Waals surface area (Å²) in [5.74, 6) is 0. The van der Waals surface area contributed by atoms with Gasteiger partial charge in [0.25, 0.3) is 0 Å². The van der Waals surface area contributed by atoms with Crippen LogP contribution in [0.25, 0.3) is 0 Å². The molecule has 0 aliphatic rings. The van der Waals surface area contributed by atoms with Gasteiger partial charge < -0.3 is 4.90 Å². The first-order valence-corrected chi connectivity index (χ1v) is 4.49. The third-order valence-electron chi connectivity index (χ3n) is 1.78. The highest BCUT2D eigenvalue weighted by molar-refractivity contribution is 7.80. The van der Waals surface area contributed by atoms with E-state index in [1.165, 1.54) is 0 Å². The molecule has 3 nitrogen and oxygen atoms in total. The molecule has 4 heteroatoms. The zero-order valence-corrected chi connectivity index (χ0v) is 8.19. The van der Waals surface area contributed by atoms with Gasteiger partial charge in [0.1, 0.15) is 4.99 Å². The molecule has 0 aliphatic carbocycles. The van der Waals surface area contributed by atoms with Crippen LogP contribution in [0.3, 0.4) is 0 Å². The van der Waals surface area contributed by atoms with Crippen LogP contribution in [-0.2, 0) is 0 Å². The van der Waals surface area contributed by atoms with Crippen LogP contribution < -0.4 is 0 Å². The maximum absolute atomic E-state index is 5.25. The van der Waals surface area contributed by atoms with E-state index in [1.54, 1.807) is 6.20 Å². The molecule has 66 valence electrons. The molecule has 0 saturated heterocycles. The van der Waals surface area contributed by atoms with Crippen LogP contribution in [0.15, 0.2) is 12.3 Å². The van der Waals surface area contributed by atoms with E-state index in [2.05, 4.69) is 28.9 Å². The summed E-state index contributed by atoms with van der Waals surface area (Å²) < 4.78 is 0. The predicted molar refractivity (Wildman–Crippen MR) is 53.2 cm³/mol. The van der Waals surface area contributed by atoms with Crippen LogP contribution in [0.1, 0.15) is 19.5 Å². The Hall–Kier alpha value is -0.900. The lowest BCUT2D eigenvalue weighted by Crippen LogP contribution is -2.29. The minimum absolute atomic E-state index is 0.845. The van der Waals surface area contributed by atoms with Crippen molar-refractivity contribution in [2.75, 3.05) is 13.1 Å². The number of thiocarbonyl (C=S) groups is 1. The van der Waals surface area contributed by atoms with Crippen molar-refractivity contribution >= 4 is 17.2 Å². The summed E-state index contributed by atoms with van der Waals surface area (Å²) >= 11 is 5.25. The van der Waals surface area contributed by atoms with E-state index in [0.717, 1.165) is 23.8 Å². The first-order valence-electron chi connectivity index (χ1n) is 4.08. The Labute approximate surface area is 77.8 Å². The summed E-state index contributed by atoms with van der Waals surface area (Å²) in [7, 11) is 0. The van der Waals surface area contributed by atoms with Gasteiger partial charge in [0.2, 0.25) is 0 Å². The Bertz CT molecular complexity index is 239. The van der Waals surface area contributed by atoms with Crippen molar-refractivity contribution in [1.29, 1.82) is 0 Å². The Morgan fingerprint density at radius 1 is 1.58 bits per heavy atom. The van der Waals surface area contributed by atoms with E-state index >= 15 is 0 Å². The van der Waals surface area contributed by atoms with Gasteiger partial charge in [0, 0.05) is 19.3 Å². The molecule has 0 atom stereocenters. The fourth-order valence-corrected chi connectivity index (χ4v) is 1.43. The summed E-state index contributed by atoms with van der Waals surface area (Å²) in [5, 5.41) is 6.71. The van der Waals surface area contributed by atoms with Gasteiger partial charge in [-0.3, -0.25) is 5.10 Å². The zero-order chi connectivity index (χ0) is 8.97. The molecule has 12 heavy (non-hydrogen) atoms. The Kier molecular flexibility index (Phi) is 3.22. The average Bonchev–Trinajstić information content (AvgIpc) is 2.58. The minimum Gasteiger partial charge on any atom is -0.362 e. The van der Waals surface area contributed by atoms with Crippen molar-refractivity contribution < 1.29 is 0 Å². The molecule has 1 heterocycles. The molecular formula is C8H13N3S.